The molecule has 1 N–H and O–H groups in total. The highest BCUT2D eigenvalue weighted by Crippen LogP contribution is 2.08. The third kappa shape index (κ3) is 5.58. The van der Waals surface area contributed by atoms with Gasteiger partial charge in [0.25, 0.3) is 0 Å². The van der Waals surface area contributed by atoms with Crippen molar-refractivity contribution in [2.75, 3.05) is 0 Å². The van der Waals surface area contributed by atoms with Gasteiger partial charge in [0, 0.05) is 12.8 Å². The van der Waals surface area contributed by atoms with E-state index in [0.717, 1.165) is 0 Å². The minimum atomic E-state index is -0.915. The molecule has 0 bridgehead atoms. The van der Waals surface area contributed by atoms with E-state index in [0.29, 0.717) is 6.29 Å². The molecule has 0 fully saturated rings. The first-order valence-electron chi connectivity index (χ1n) is 3.73. The zero-order chi connectivity index (χ0) is 9.56. The number of carbonyl (C=O) groups is 3. The third-order valence-electron chi connectivity index (χ3n) is 1.41. The van der Waals surface area contributed by atoms with E-state index >= 15 is 0 Å². The molecule has 0 saturated carbocycles. The normalized spacial score (nSPS) is 12.1. The fourth-order valence-electron chi connectivity index (χ4n) is 0.935. The largest absolute Gasteiger partial charge is 0.481 e. The second-order valence-corrected chi connectivity index (χ2v) is 2.82. The molecule has 0 aromatic rings. The zero-order valence-corrected chi connectivity index (χ0v) is 6.95. The molecule has 0 spiro atoms. The Morgan fingerprint density at radius 1 is 1.42 bits per heavy atom. The van der Waals surface area contributed by atoms with Crippen LogP contribution in [0.4, 0.5) is 0 Å². The highest BCUT2D eigenvalue weighted by molar-refractivity contribution is 5.89. The molecule has 68 valence electrons. The summed E-state index contributed by atoms with van der Waals surface area (Å²) in [5, 5.41) is 8.35. The average Bonchev–Trinajstić information content (AvgIpc) is 1.84. The third-order valence-corrected chi connectivity index (χ3v) is 1.41. The lowest BCUT2D eigenvalue weighted by molar-refractivity contribution is -0.138. The van der Waals surface area contributed by atoms with Crippen LogP contribution in [0, 0.1) is 5.92 Å². The molecule has 0 amide bonds. The van der Waals surface area contributed by atoms with Gasteiger partial charge in [-0.3, -0.25) is 9.59 Å². The summed E-state index contributed by atoms with van der Waals surface area (Å²) in [6, 6.07) is 0. The van der Waals surface area contributed by atoms with Crippen LogP contribution in [0.15, 0.2) is 0 Å². The van der Waals surface area contributed by atoms with Crippen molar-refractivity contribution in [1.29, 1.82) is 0 Å². The van der Waals surface area contributed by atoms with Gasteiger partial charge in [0.2, 0.25) is 0 Å². The van der Waals surface area contributed by atoms with E-state index in [2.05, 4.69) is 0 Å². The van der Waals surface area contributed by atoms with Crippen LogP contribution >= 0.6 is 0 Å². The lowest BCUT2D eigenvalue weighted by atomic mass is 10.0. The van der Waals surface area contributed by atoms with E-state index in [4.69, 9.17) is 5.11 Å². The van der Waals surface area contributed by atoms with Crippen molar-refractivity contribution < 1.29 is 19.5 Å². The van der Waals surface area contributed by atoms with E-state index in [-0.39, 0.29) is 31.0 Å². The average molecular weight is 172 g/mol. The van der Waals surface area contributed by atoms with E-state index < -0.39 is 5.97 Å². The summed E-state index contributed by atoms with van der Waals surface area (Å²) in [4.78, 5) is 30.9. The minimum Gasteiger partial charge on any atom is -0.481 e. The molecule has 12 heavy (non-hydrogen) atoms. The number of Topliss-reactive ketones (excluding diaryl/α,β-unsaturated/α-hetero) is 1. The lowest BCUT2D eigenvalue weighted by Crippen LogP contribution is -2.10. The van der Waals surface area contributed by atoms with Crippen LogP contribution in [0.5, 0.6) is 0 Å². The molecule has 0 aliphatic carbocycles. The van der Waals surface area contributed by atoms with Crippen molar-refractivity contribution >= 4 is 18.0 Å². The van der Waals surface area contributed by atoms with Crippen molar-refractivity contribution in [3.63, 3.8) is 0 Å². The van der Waals surface area contributed by atoms with Crippen LogP contribution in [0.25, 0.3) is 0 Å². The van der Waals surface area contributed by atoms with Gasteiger partial charge in [0.1, 0.15) is 12.1 Å². The fraction of sp³-hybridized carbons (Fsp3) is 0.625. The Bertz CT molecular complexity index is 185. The van der Waals surface area contributed by atoms with E-state index in [1.54, 1.807) is 6.92 Å². The second-order valence-electron chi connectivity index (χ2n) is 2.82. The fourth-order valence-corrected chi connectivity index (χ4v) is 0.935. The Labute approximate surface area is 70.6 Å². The molecule has 4 heteroatoms. The van der Waals surface area contributed by atoms with Gasteiger partial charge < -0.3 is 9.90 Å². The standard InChI is InChI=1S/C8H12O4/c1-6(5-8(11)12)4-7(10)2-3-9/h3,6H,2,4-5H2,1H3,(H,11,12). The molecule has 1 unspecified atom stereocenters. The number of rotatable bonds is 6. The van der Waals surface area contributed by atoms with Crippen molar-refractivity contribution in [2.45, 2.75) is 26.2 Å². The van der Waals surface area contributed by atoms with Gasteiger partial charge in [-0.25, -0.2) is 0 Å². The number of carboxylic acid groups (broad SMARTS) is 1. The summed E-state index contributed by atoms with van der Waals surface area (Å²) in [6.07, 6.45) is 0.579. The van der Waals surface area contributed by atoms with Gasteiger partial charge in [-0.05, 0) is 5.92 Å². The van der Waals surface area contributed by atoms with Crippen molar-refractivity contribution in [3.8, 4) is 0 Å². The van der Waals surface area contributed by atoms with Crippen molar-refractivity contribution in [3.05, 3.63) is 0 Å². The minimum absolute atomic E-state index is 0.0232. The summed E-state index contributed by atoms with van der Waals surface area (Å²) in [6.45, 7) is 1.68. The smallest absolute Gasteiger partial charge is 0.303 e. The predicted molar refractivity (Wildman–Crippen MR) is 41.7 cm³/mol. The number of aliphatic carboxylic acids is 1. The molecule has 4 nitrogen and oxygen atoms in total. The number of aldehydes is 1. The molecule has 0 aromatic heterocycles. The Balaban J connectivity index is 3.67. The van der Waals surface area contributed by atoms with Crippen LogP contribution in [0.1, 0.15) is 26.2 Å². The first kappa shape index (κ1) is 10.8. The molecular formula is C8H12O4. The Morgan fingerprint density at radius 2 is 2.00 bits per heavy atom. The van der Waals surface area contributed by atoms with Gasteiger partial charge in [-0.15, -0.1) is 0 Å². The van der Waals surface area contributed by atoms with E-state index in [1.165, 1.54) is 0 Å². The molecule has 0 aliphatic rings. The highest BCUT2D eigenvalue weighted by Gasteiger charge is 2.11. The van der Waals surface area contributed by atoms with Gasteiger partial charge in [0.05, 0.1) is 6.42 Å². The quantitative estimate of drug-likeness (QED) is 0.471. The molecule has 0 aromatic carbocycles. The van der Waals surface area contributed by atoms with Crippen LogP contribution in [0.2, 0.25) is 0 Å². The number of carboxylic acids is 1. The topological polar surface area (TPSA) is 71.4 Å². The predicted octanol–water partition coefficient (Wildman–Crippen LogP) is 0.645. The summed E-state index contributed by atoms with van der Waals surface area (Å²) in [7, 11) is 0. The van der Waals surface area contributed by atoms with Crippen LogP contribution < -0.4 is 0 Å². The second kappa shape index (κ2) is 5.46. The number of carbonyl (C=O) groups excluding carboxylic acids is 2. The van der Waals surface area contributed by atoms with E-state index in [1.807, 2.05) is 0 Å². The molecule has 0 heterocycles. The van der Waals surface area contributed by atoms with Crippen LogP contribution in [0.3, 0.4) is 0 Å². The number of ketones is 1. The van der Waals surface area contributed by atoms with E-state index in [9.17, 15) is 14.4 Å². The Kier molecular flexibility index (Phi) is 4.92. The lowest BCUT2D eigenvalue weighted by Gasteiger charge is -2.04. The van der Waals surface area contributed by atoms with Crippen molar-refractivity contribution in [2.24, 2.45) is 5.92 Å². The van der Waals surface area contributed by atoms with Crippen LogP contribution in [-0.4, -0.2) is 23.1 Å². The van der Waals surface area contributed by atoms with Gasteiger partial charge in [0.15, 0.2) is 0 Å². The van der Waals surface area contributed by atoms with Gasteiger partial charge in [-0.1, -0.05) is 6.92 Å². The summed E-state index contributed by atoms with van der Waals surface area (Å²) in [5.41, 5.74) is 0. The SMILES string of the molecule is CC(CC(=O)O)CC(=O)CC=O. The van der Waals surface area contributed by atoms with Crippen molar-refractivity contribution in [1.82, 2.24) is 0 Å². The number of hydrogen-bond acceptors (Lipinski definition) is 3. The Hall–Kier alpha value is -1.19. The molecule has 1 atom stereocenters. The van der Waals surface area contributed by atoms with Crippen LogP contribution in [-0.2, 0) is 14.4 Å². The number of hydrogen-bond donors (Lipinski definition) is 1. The summed E-state index contributed by atoms with van der Waals surface area (Å²) < 4.78 is 0. The highest BCUT2D eigenvalue weighted by atomic mass is 16.4. The maximum Gasteiger partial charge on any atom is 0.303 e. The van der Waals surface area contributed by atoms with Gasteiger partial charge >= 0.3 is 5.97 Å². The maximum absolute atomic E-state index is 10.8. The first-order valence-corrected chi connectivity index (χ1v) is 3.73. The molecule has 0 rings (SSSR count). The first-order chi connectivity index (χ1) is 5.56. The zero-order valence-electron chi connectivity index (χ0n) is 6.95. The molecule has 0 saturated heterocycles. The molecule has 0 radical (unpaired) electrons. The Morgan fingerprint density at radius 3 is 2.42 bits per heavy atom. The maximum atomic E-state index is 10.8. The van der Waals surface area contributed by atoms with Gasteiger partial charge in [-0.2, -0.15) is 0 Å². The summed E-state index contributed by atoms with van der Waals surface area (Å²) >= 11 is 0. The summed E-state index contributed by atoms with van der Waals surface area (Å²) in [5.74, 6) is -1.30. The molecular weight excluding hydrogens is 160 g/mol. The monoisotopic (exact) mass is 172 g/mol. The molecule has 0 aliphatic heterocycles.